The lowest BCUT2D eigenvalue weighted by Gasteiger charge is -2.24. The number of imidazole rings is 1. The van der Waals surface area contributed by atoms with Gasteiger partial charge < -0.3 is 14.6 Å². The molecule has 3 heterocycles. The van der Waals surface area contributed by atoms with Crippen molar-refractivity contribution in [2.75, 3.05) is 19.7 Å². The van der Waals surface area contributed by atoms with Crippen LogP contribution in [0.4, 0.5) is 0 Å². The Morgan fingerprint density at radius 1 is 1.50 bits per heavy atom. The summed E-state index contributed by atoms with van der Waals surface area (Å²) >= 11 is 0. The summed E-state index contributed by atoms with van der Waals surface area (Å²) in [6.45, 7) is 5.45. The number of hydrogen-bond acceptors (Lipinski definition) is 4. The monoisotopic (exact) mass is 275 g/mol. The zero-order valence-electron chi connectivity index (χ0n) is 12.0. The maximum absolute atomic E-state index is 5.82. The third kappa shape index (κ3) is 2.62. The smallest absolute Gasteiger partial charge is 0.111 e. The highest BCUT2D eigenvalue weighted by Gasteiger charge is 2.20. The van der Waals surface area contributed by atoms with Crippen LogP contribution in [-0.2, 0) is 24.8 Å². The molecule has 1 atom stereocenters. The van der Waals surface area contributed by atoms with Gasteiger partial charge in [-0.25, -0.2) is 4.98 Å². The Balaban J connectivity index is 1.82. The van der Waals surface area contributed by atoms with Crippen molar-refractivity contribution in [3.05, 3.63) is 35.7 Å². The molecule has 0 aliphatic carbocycles. The normalized spacial score (nSPS) is 19.4. The molecule has 1 fully saturated rings. The molecular formula is C14H21N5O. The van der Waals surface area contributed by atoms with Crippen molar-refractivity contribution in [2.24, 2.45) is 7.05 Å². The first kappa shape index (κ1) is 13.3. The Labute approximate surface area is 118 Å². The zero-order valence-corrected chi connectivity index (χ0v) is 12.0. The van der Waals surface area contributed by atoms with E-state index in [2.05, 4.69) is 33.1 Å². The maximum Gasteiger partial charge on any atom is 0.111 e. The fourth-order valence-corrected chi connectivity index (χ4v) is 2.68. The molecule has 0 bridgehead atoms. The topological polar surface area (TPSA) is 56.9 Å². The molecule has 0 radical (unpaired) electrons. The van der Waals surface area contributed by atoms with Gasteiger partial charge in [-0.2, -0.15) is 5.10 Å². The Morgan fingerprint density at radius 2 is 2.40 bits per heavy atom. The van der Waals surface area contributed by atoms with Gasteiger partial charge in [0.05, 0.1) is 37.1 Å². The van der Waals surface area contributed by atoms with E-state index in [1.54, 1.807) is 0 Å². The zero-order chi connectivity index (χ0) is 13.9. The van der Waals surface area contributed by atoms with Crippen molar-refractivity contribution in [3.63, 3.8) is 0 Å². The minimum absolute atomic E-state index is 0.0907. The number of aromatic nitrogens is 4. The Kier molecular flexibility index (Phi) is 3.84. The van der Waals surface area contributed by atoms with Crippen LogP contribution in [0.5, 0.6) is 0 Å². The third-order valence-corrected chi connectivity index (χ3v) is 3.67. The van der Waals surface area contributed by atoms with E-state index in [-0.39, 0.29) is 6.10 Å². The van der Waals surface area contributed by atoms with E-state index >= 15 is 0 Å². The minimum atomic E-state index is 0.0907. The highest BCUT2D eigenvalue weighted by atomic mass is 16.5. The van der Waals surface area contributed by atoms with Gasteiger partial charge >= 0.3 is 0 Å². The second kappa shape index (κ2) is 5.76. The maximum atomic E-state index is 5.82. The average molecular weight is 275 g/mol. The van der Waals surface area contributed by atoms with Crippen molar-refractivity contribution in [3.8, 4) is 0 Å². The number of nitrogens with zero attached hydrogens (tertiary/aromatic N) is 4. The van der Waals surface area contributed by atoms with E-state index in [4.69, 9.17) is 4.74 Å². The van der Waals surface area contributed by atoms with Gasteiger partial charge in [0.25, 0.3) is 0 Å². The quantitative estimate of drug-likeness (QED) is 0.900. The minimum Gasteiger partial charge on any atom is -0.369 e. The first-order valence-electron chi connectivity index (χ1n) is 7.11. The Morgan fingerprint density at radius 3 is 3.15 bits per heavy atom. The van der Waals surface area contributed by atoms with Gasteiger partial charge in [-0.3, -0.25) is 4.68 Å². The lowest BCUT2D eigenvalue weighted by atomic mass is 10.2. The van der Waals surface area contributed by atoms with Crippen LogP contribution in [0.25, 0.3) is 0 Å². The van der Waals surface area contributed by atoms with Crippen molar-refractivity contribution in [1.29, 1.82) is 0 Å². The molecule has 1 aliphatic heterocycles. The van der Waals surface area contributed by atoms with Crippen LogP contribution >= 0.6 is 0 Å². The molecule has 6 heteroatoms. The van der Waals surface area contributed by atoms with E-state index in [1.807, 2.05) is 24.3 Å². The molecule has 20 heavy (non-hydrogen) atoms. The van der Waals surface area contributed by atoms with Crippen LogP contribution in [-0.4, -0.2) is 39.0 Å². The number of nitrogens with one attached hydrogen (secondary N) is 1. The first-order chi connectivity index (χ1) is 9.78. The first-order valence-corrected chi connectivity index (χ1v) is 7.11. The third-order valence-electron chi connectivity index (χ3n) is 3.67. The molecule has 0 amide bonds. The van der Waals surface area contributed by atoms with Gasteiger partial charge in [0.1, 0.15) is 6.10 Å². The number of morpholine rings is 1. The van der Waals surface area contributed by atoms with Crippen LogP contribution in [0.2, 0.25) is 0 Å². The predicted molar refractivity (Wildman–Crippen MR) is 75.5 cm³/mol. The lowest BCUT2D eigenvalue weighted by Crippen LogP contribution is -2.34. The highest BCUT2D eigenvalue weighted by molar-refractivity contribution is 5.19. The molecule has 2 aromatic heterocycles. The largest absolute Gasteiger partial charge is 0.369 e. The molecule has 6 nitrogen and oxygen atoms in total. The second-order valence-corrected chi connectivity index (χ2v) is 5.14. The fourth-order valence-electron chi connectivity index (χ4n) is 2.68. The fraction of sp³-hybridized carbons (Fsp3) is 0.571. The summed E-state index contributed by atoms with van der Waals surface area (Å²) in [5.41, 5.74) is 3.52. The van der Waals surface area contributed by atoms with Gasteiger partial charge in [-0.15, -0.1) is 0 Å². The summed E-state index contributed by atoms with van der Waals surface area (Å²) in [5, 5.41) is 7.85. The molecule has 1 N–H and O–H groups in total. The van der Waals surface area contributed by atoms with Crippen molar-refractivity contribution in [2.45, 2.75) is 26.0 Å². The molecule has 0 saturated carbocycles. The molecule has 1 aliphatic rings. The van der Waals surface area contributed by atoms with E-state index in [0.717, 1.165) is 44.0 Å². The summed E-state index contributed by atoms with van der Waals surface area (Å²) in [5.74, 6) is 0. The number of ether oxygens (including phenoxy) is 1. The van der Waals surface area contributed by atoms with Gasteiger partial charge in [0.2, 0.25) is 0 Å². The lowest BCUT2D eigenvalue weighted by molar-refractivity contribution is 0.0230. The van der Waals surface area contributed by atoms with Crippen molar-refractivity contribution in [1.82, 2.24) is 24.6 Å². The van der Waals surface area contributed by atoms with Crippen molar-refractivity contribution >= 4 is 0 Å². The highest BCUT2D eigenvalue weighted by Crippen LogP contribution is 2.20. The summed E-state index contributed by atoms with van der Waals surface area (Å²) in [4.78, 5) is 4.28. The molecule has 0 spiro atoms. The van der Waals surface area contributed by atoms with Gasteiger partial charge in [-0.05, 0) is 6.42 Å². The number of hydrogen-bond donors (Lipinski definition) is 1. The van der Waals surface area contributed by atoms with Crippen molar-refractivity contribution < 1.29 is 4.74 Å². The predicted octanol–water partition coefficient (Wildman–Crippen LogP) is 0.888. The van der Waals surface area contributed by atoms with Gasteiger partial charge in [0.15, 0.2) is 0 Å². The molecule has 2 aromatic rings. The van der Waals surface area contributed by atoms with Gasteiger partial charge in [-0.1, -0.05) is 6.92 Å². The van der Waals surface area contributed by atoms with E-state index in [0.29, 0.717) is 0 Å². The van der Waals surface area contributed by atoms with Crippen LogP contribution in [0.15, 0.2) is 18.7 Å². The summed E-state index contributed by atoms with van der Waals surface area (Å²) in [6.07, 6.45) is 6.90. The Bertz CT molecular complexity index is 568. The van der Waals surface area contributed by atoms with E-state index in [9.17, 15) is 0 Å². The standard InChI is InChI=1S/C14H21N5O/c1-3-12-11(8-18(2)17-12)9-19-10-16-6-13(19)14-7-15-4-5-20-14/h6,8,10,14-15H,3-5,7,9H2,1-2H3. The van der Waals surface area contributed by atoms with Gasteiger partial charge in [0, 0.05) is 31.9 Å². The van der Waals surface area contributed by atoms with E-state index < -0.39 is 0 Å². The molecule has 1 saturated heterocycles. The molecular weight excluding hydrogens is 254 g/mol. The molecule has 0 aromatic carbocycles. The average Bonchev–Trinajstić information content (AvgIpc) is 3.07. The summed E-state index contributed by atoms with van der Waals surface area (Å²) < 4.78 is 9.86. The molecule has 3 rings (SSSR count). The number of rotatable bonds is 4. The Hall–Kier alpha value is -1.66. The molecule has 1 unspecified atom stereocenters. The second-order valence-electron chi connectivity index (χ2n) is 5.14. The van der Waals surface area contributed by atoms with Crippen LogP contribution in [0.3, 0.4) is 0 Å². The SMILES string of the molecule is CCc1nn(C)cc1Cn1cncc1C1CNCCO1. The number of aryl methyl sites for hydroxylation is 2. The van der Waals surface area contributed by atoms with Crippen LogP contribution < -0.4 is 5.32 Å². The molecule has 108 valence electrons. The van der Waals surface area contributed by atoms with Crippen LogP contribution in [0.1, 0.15) is 30.0 Å². The van der Waals surface area contributed by atoms with E-state index in [1.165, 1.54) is 5.56 Å². The summed E-state index contributed by atoms with van der Waals surface area (Å²) in [7, 11) is 1.96. The summed E-state index contributed by atoms with van der Waals surface area (Å²) in [6, 6.07) is 0. The van der Waals surface area contributed by atoms with Crippen LogP contribution in [0, 0.1) is 0 Å².